The van der Waals surface area contributed by atoms with E-state index in [1.165, 1.54) is 0 Å². The minimum atomic E-state index is -0.285. The second kappa shape index (κ2) is 5.29. The van der Waals surface area contributed by atoms with Crippen LogP contribution in [0.3, 0.4) is 0 Å². The van der Waals surface area contributed by atoms with Crippen molar-refractivity contribution < 1.29 is 4.79 Å². The molecule has 0 saturated heterocycles. The summed E-state index contributed by atoms with van der Waals surface area (Å²) in [6, 6.07) is 1.94. The van der Waals surface area contributed by atoms with Crippen molar-refractivity contribution in [1.29, 1.82) is 0 Å². The average molecular weight is 305 g/mol. The molecule has 5 heteroatoms. The Morgan fingerprint density at radius 2 is 2.25 bits per heavy atom. The number of rotatable bonds is 4. The van der Waals surface area contributed by atoms with E-state index in [0.717, 1.165) is 9.47 Å². The number of carbonyl (C=O) groups is 1. The van der Waals surface area contributed by atoms with E-state index in [-0.39, 0.29) is 11.4 Å². The monoisotopic (exact) mass is 304 g/mol. The van der Waals surface area contributed by atoms with E-state index in [0.29, 0.717) is 12.8 Å². The van der Waals surface area contributed by atoms with Crippen LogP contribution in [-0.4, -0.2) is 18.5 Å². The maximum absolute atomic E-state index is 11.9. The summed E-state index contributed by atoms with van der Waals surface area (Å²) < 4.78 is 1.01. The number of nitrogens with two attached hydrogens (primary N) is 1. The second-order valence-electron chi connectivity index (χ2n) is 4.54. The Bertz CT molecular complexity index is 370. The molecule has 0 aliphatic rings. The van der Waals surface area contributed by atoms with E-state index in [4.69, 9.17) is 5.73 Å². The molecule has 0 aliphatic carbocycles. The van der Waals surface area contributed by atoms with Crippen LogP contribution in [0.2, 0.25) is 0 Å². The predicted molar refractivity (Wildman–Crippen MR) is 72.9 cm³/mol. The van der Waals surface area contributed by atoms with Crippen molar-refractivity contribution in [1.82, 2.24) is 0 Å². The molecule has 3 nitrogen and oxygen atoms in total. The topological polar surface area (TPSA) is 46.3 Å². The first-order chi connectivity index (χ1) is 7.29. The van der Waals surface area contributed by atoms with Crippen LogP contribution in [-0.2, 0) is 4.79 Å². The van der Waals surface area contributed by atoms with Gasteiger partial charge in [-0.15, -0.1) is 11.3 Å². The molecule has 1 heterocycles. The van der Waals surface area contributed by atoms with Gasteiger partial charge in [-0.05, 0) is 42.3 Å². The molecule has 0 fully saturated rings. The Balaban J connectivity index is 2.55. The zero-order valence-corrected chi connectivity index (χ0v) is 12.2. The summed E-state index contributed by atoms with van der Waals surface area (Å²) in [6.07, 6.45) is 1.18. The van der Waals surface area contributed by atoms with Crippen molar-refractivity contribution in [2.24, 2.45) is 5.73 Å². The second-order valence-corrected chi connectivity index (χ2v) is 6.35. The Morgan fingerprint density at radius 3 is 2.69 bits per heavy atom. The van der Waals surface area contributed by atoms with Gasteiger partial charge in [0.15, 0.2) is 0 Å². The molecule has 0 saturated carbocycles. The summed E-state index contributed by atoms with van der Waals surface area (Å²) in [6.45, 7) is 3.87. The first kappa shape index (κ1) is 13.7. The Kier molecular flexibility index (Phi) is 4.52. The molecule has 0 bridgehead atoms. The van der Waals surface area contributed by atoms with Crippen molar-refractivity contribution in [2.75, 3.05) is 11.9 Å². The van der Waals surface area contributed by atoms with Gasteiger partial charge in [0.05, 0.1) is 5.00 Å². The minimum absolute atomic E-state index is 0.105. The molecule has 1 aromatic heterocycles. The maximum Gasteiger partial charge on any atom is 0.227 e. The van der Waals surface area contributed by atoms with Crippen LogP contribution in [0, 0.1) is 0 Å². The lowest BCUT2D eigenvalue weighted by Crippen LogP contribution is -2.34. The molecule has 0 atom stereocenters. The zero-order chi connectivity index (χ0) is 12.3. The fourth-order valence-electron chi connectivity index (χ4n) is 1.20. The van der Waals surface area contributed by atoms with Gasteiger partial charge in [0.2, 0.25) is 5.91 Å². The van der Waals surface area contributed by atoms with Gasteiger partial charge in [0, 0.05) is 28.9 Å². The highest BCUT2D eigenvalue weighted by Gasteiger charge is 2.17. The number of nitrogens with zero attached hydrogens (tertiary/aromatic N) is 1. The normalized spacial score (nSPS) is 11.6. The van der Waals surface area contributed by atoms with Gasteiger partial charge in [-0.1, -0.05) is 0 Å². The van der Waals surface area contributed by atoms with Crippen LogP contribution < -0.4 is 10.6 Å². The molecule has 0 spiro atoms. The summed E-state index contributed by atoms with van der Waals surface area (Å²) in [5.74, 6) is 0.105. The first-order valence-electron chi connectivity index (χ1n) is 5.09. The molecule has 0 radical (unpaired) electrons. The quantitative estimate of drug-likeness (QED) is 0.929. The molecule has 1 aromatic rings. The third-order valence-electron chi connectivity index (χ3n) is 2.24. The van der Waals surface area contributed by atoms with Gasteiger partial charge < -0.3 is 10.6 Å². The van der Waals surface area contributed by atoms with Gasteiger partial charge in [0.1, 0.15) is 0 Å². The SMILES string of the molecule is CN(C(=O)CCC(C)(C)N)c1cc(Br)cs1. The number of anilines is 1. The Morgan fingerprint density at radius 1 is 1.62 bits per heavy atom. The van der Waals surface area contributed by atoms with Gasteiger partial charge >= 0.3 is 0 Å². The van der Waals surface area contributed by atoms with Crippen molar-refractivity contribution in [3.05, 3.63) is 15.9 Å². The number of carbonyl (C=O) groups excluding carboxylic acids is 1. The zero-order valence-electron chi connectivity index (χ0n) is 9.79. The number of amides is 1. The van der Waals surface area contributed by atoms with Gasteiger partial charge in [0.25, 0.3) is 0 Å². The summed E-state index contributed by atoms with van der Waals surface area (Å²) in [5, 5.41) is 2.91. The maximum atomic E-state index is 11.9. The van der Waals surface area contributed by atoms with E-state index < -0.39 is 0 Å². The van der Waals surface area contributed by atoms with Crippen LogP contribution in [0.4, 0.5) is 5.00 Å². The van der Waals surface area contributed by atoms with Crippen molar-refractivity contribution in [2.45, 2.75) is 32.2 Å². The summed E-state index contributed by atoms with van der Waals surface area (Å²) >= 11 is 4.92. The molecule has 1 amide bonds. The summed E-state index contributed by atoms with van der Waals surface area (Å²) in [7, 11) is 1.80. The smallest absolute Gasteiger partial charge is 0.227 e. The van der Waals surface area contributed by atoms with Crippen molar-refractivity contribution >= 4 is 38.2 Å². The number of halogens is 1. The standard InChI is InChI=1S/C11H17BrN2OS/c1-11(2,13)5-4-9(15)14(3)10-6-8(12)7-16-10/h6-7H,4-5,13H2,1-3H3. The Hall–Kier alpha value is -0.390. The third kappa shape index (κ3) is 4.23. The summed E-state index contributed by atoms with van der Waals surface area (Å²) in [5.41, 5.74) is 5.57. The molecular formula is C11H17BrN2OS. The van der Waals surface area contributed by atoms with Crippen molar-refractivity contribution in [3.8, 4) is 0 Å². The first-order valence-corrected chi connectivity index (χ1v) is 6.76. The molecule has 1 rings (SSSR count). The lowest BCUT2D eigenvalue weighted by Gasteiger charge is -2.20. The lowest BCUT2D eigenvalue weighted by molar-refractivity contribution is -0.118. The molecule has 90 valence electrons. The van der Waals surface area contributed by atoms with E-state index in [9.17, 15) is 4.79 Å². The van der Waals surface area contributed by atoms with E-state index in [2.05, 4.69) is 15.9 Å². The average Bonchev–Trinajstić information content (AvgIpc) is 2.59. The highest BCUT2D eigenvalue weighted by atomic mass is 79.9. The van der Waals surface area contributed by atoms with Crippen LogP contribution in [0.5, 0.6) is 0 Å². The molecule has 0 unspecified atom stereocenters. The highest BCUT2D eigenvalue weighted by Crippen LogP contribution is 2.28. The largest absolute Gasteiger partial charge is 0.326 e. The molecule has 0 aromatic carbocycles. The van der Waals surface area contributed by atoms with E-state index >= 15 is 0 Å². The third-order valence-corrected chi connectivity index (χ3v) is 4.01. The molecule has 2 N–H and O–H groups in total. The van der Waals surface area contributed by atoms with Crippen LogP contribution in [0.1, 0.15) is 26.7 Å². The van der Waals surface area contributed by atoms with Gasteiger partial charge in [-0.3, -0.25) is 4.79 Å². The lowest BCUT2D eigenvalue weighted by atomic mass is 10.00. The number of thiophene rings is 1. The summed E-state index contributed by atoms with van der Waals surface area (Å²) in [4.78, 5) is 13.5. The van der Waals surface area contributed by atoms with Crippen LogP contribution in [0.15, 0.2) is 15.9 Å². The molecule has 0 aliphatic heterocycles. The molecule has 16 heavy (non-hydrogen) atoms. The fraction of sp³-hybridized carbons (Fsp3) is 0.545. The highest BCUT2D eigenvalue weighted by molar-refractivity contribution is 9.10. The van der Waals surface area contributed by atoms with Gasteiger partial charge in [-0.25, -0.2) is 0 Å². The van der Waals surface area contributed by atoms with E-state index in [1.54, 1.807) is 23.3 Å². The Labute approximate surface area is 109 Å². The molecular weight excluding hydrogens is 288 g/mol. The number of hydrogen-bond acceptors (Lipinski definition) is 3. The fourth-order valence-corrected chi connectivity index (χ4v) is 2.60. The van der Waals surface area contributed by atoms with Crippen LogP contribution in [0.25, 0.3) is 0 Å². The van der Waals surface area contributed by atoms with Crippen molar-refractivity contribution in [3.63, 3.8) is 0 Å². The van der Waals surface area contributed by atoms with Crippen LogP contribution >= 0.6 is 27.3 Å². The van der Waals surface area contributed by atoms with E-state index in [1.807, 2.05) is 25.3 Å². The number of hydrogen-bond donors (Lipinski definition) is 1. The van der Waals surface area contributed by atoms with Gasteiger partial charge in [-0.2, -0.15) is 0 Å². The minimum Gasteiger partial charge on any atom is -0.326 e. The predicted octanol–water partition coefficient (Wildman–Crippen LogP) is 2.99.